The second-order valence-corrected chi connectivity index (χ2v) is 5.92. The van der Waals surface area contributed by atoms with Crippen molar-refractivity contribution in [2.45, 2.75) is 19.8 Å². The van der Waals surface area contributed by atoms with E-state index in [0.717, 1.165) is 24.1 Å². The first-order chi connectivity index (χ1) is 13.3. The molecule has 2 aromatic carbocycles. The lowest BCUT2D eigenvalue weighted by Crippen LogP contribution is -2.28. The molecular weight excluding hydrogens is 334 g/mol. The summed E-state index contributed by atoms with van der Waals surface area (Å²) in [5, 5.41) is 0. The Morgan fingerprint density at radius 2 is 1.48 bits per heavy atom. The number of ether oxygens (including phenoxy) is 1. The summed E-state index contributed by atoms with van der Waals surface area (Å²) in [6.45, 7) is 4.22. The summed E-state index contributed by atoms with van der Waals surface area (Å²) in [6, 6.07) is 19.8. The van der Waals surface area contributed by atoms with Gasteiger partial charge in [0.2, 0.25) is 0 Å². The van der Waals surface area contributed by atoms with Gasteiger partial charge in [-0.25, -0.2) is 0 Å². The highest BCUT2D eigenvalue weighted by Crippen LogP contribution is 1.99. The van der Waals surface area contributed by atoms with Crippen molar-refractivity contribution in [3.8, 4) is 23.7 Å². The average molecular weight is 359 g/mol. The van der Waals surface area contributed by atoms with E-state index in [-0.39, 0.29) is 5.97 Å². The van der Waals surface area contributed by atoms with Crippen LogP contribution in [-0.4, -0.2) is 37.1 Å². The zero-order chi connectivity index (χ0) is 19.2. The summed E-state index contributed by atoms with van der Waals surface area (Å²) in [7, 11) is 0. The molecule has 0 unspecified atom stereocenters. The average Bonchev–Trinajstić information content (AvgIpc) is 2.70. The van der Waals surface area contributed by atoms with E-state index < -0.39 is 0 Å². The molecule has 0 saturated carbocycles. The lowest BCUT2D eigenvalue weighted by Gasteiger charge is -2.17. The highest BCUT2D eigenvalue weighted by Gasteiger charge is 2.07. The third kappa shape index (κ3) is 8.77. The first-order valence-electron chi connectivity index (χ1n) is 9.23. The van der Waals surface area contributed by atoms with E-state index in [2.05, 4.69) is 28.6 Å². The molecule has 3 nitrogen and oxygen atoms in total. The zero-order valence-corrected chi connectivity index (χ0v) is 15.8. The van der Waals surface area contributed by atoms with Gasteiger partial charge in [-0.2, -0.15) is 0 Å². The van der Waals surface area contributed by atoms with Crippen LogP contribution >= 0.6 is 0 Å². The minimum atomic E-state index is -0.172. The maximum absolute atomic E-state index is 11.6. The van der Waals surface area contributed by atoms with Crippen molar-refractivity contribution >= 4 is 5.97 Å². The Morgan fingerprint density at radius 3 is 2.07 bits per heavy atom. The minimum Gasteiger partial charge on any atom is -0.466 e. The van der Waals surface area contributed by atoms with Gasteiger partial charge < -0.3 is 4.74 Å². The van der Waals surface area contributed by atoms with Gasteiger partial charge in [-0.05, 0) is 31.2 Å². The van der Waals surface area contributed by atoms with Gasteiger partial charge >= 0.3 is 5.97 Å². The third-order valence-corrected chi connectivity index (χ3v) is 3.81. The first kappa shape index (κ1) is 20.3. The molecule has 3 heteroatoms. The fourth-order valence-corrected chi connectivity index (χ4v) is 2.43. The number of hydrogen-bond acceptors (Lipinski definition) is 3. The summed E-state index contributed by atoms with van der Waals surface area (Å²) in [4.78, 5) is 13.8. The minimum absolute atomic E-state index is 0.172. The Bertz CT molecular complexity index is 807. The molecule has 0 spiro atoms. The van der Waals surface area contributed by atoms with Crippen LogP contribution in [0.1, 0.15) is 30.9 Å². The maximum atomic E-state index is 11.6. The van der Waals surface area contributed by atoms with Gasteiger partial charge in [-0.15, -0.1) is 0 Å². The second-order valence-electron chi connectivity index (χ2n) is 5.92. The Labute approximate surface area is 162 Å². The Hall–Kier alpha value is -3.01. The highest BCUT2D eigenvalue weighted by atomic mass is 16.5. The molecule has 0 bridgehead atoms. The number of benzene rings is 2. The van der Waals surface area contributed by atoms with Gasteiger partial charge in [-0.1, -0.05) is 60.1 Å². The van der Waals surface area contributed by atoms with E-state index in [1.807, 2.05) is 67.6 Å². The predicted molar refractivity (Wildman–Crippen MR) is 109 cm³/mol. The number of esters is 1. The summed E-state index contributed by atoms with van der Waals surface area (Å²) in [5.74, 6) is 12.5. The molecule has 0 atom stereocenters. The van der Waals surface area contributed by atoms with Gasteiger partial charge in [0, 0.05) is 30.6 Å². The number of rotatable bonds is 7. The predicted octanol–water partition coefficient (Wildman–Crippen LogP) is 3.74. The molecule has 0 heterocycles. The number of carbonyl (C=O) groups excluding carboxylic acids is 1. The summed E-state index contributed by atoms with van der Waals surface area (Å²) in [6.07, 6.45) is 1.09. The van der Waals surface area contributed by atoms with Crippen LogP contribution < -0.4 is 0 Å². The van der Waals surface area contributed by atoms with Crippen LogP contribution in [0, 0.1) is 23.7 Å². The van der Waals surface area contributed by atoms with Crippen LogP contribution in [0.5, 0.6) is 0 Å². The monoisotopic (exact) mass is 359 g/mol. The lowest BCUT2D eigenvalue weighted by molar-refractivity contribution is -0.143. The molecule has 2 rings (SSSR count). The summed E-state index contributed by atoms with van der Waals surface area (Å²) >= 11 is 0. The molecule has 2 aromatic rings. The van der Waals surface area contributed by atoms with Crippen LogP contribution in [0.25, 0.3) is 0 Å². The Kier molecular flexibility index (Phi) is 9.29. The van der Waals surface area contributed by atoms with Crippen LogP contribution in [0.3, 0.4) is 0 Å². The zero-order valence-electron chi connectivity index (χ0n) is 15.8. The van der Waals surface area contributed by atoms with Crippen LogP contribution in [0.15, 0.2) is 60.7 Å². The molecule has 0 radical (unpaired) electrons. The Morgan fingerprint density at radius 1 is 0.889 bits per heavy atom. The van der Waals surface area contributed by atoms with Crippen molar-refractivity contribution in [3.05, 3.63) is 71.8 Å². The fourth-order valence-electron chi connectivity index (χ4n) is 2.43. The second kappa shape index (κ2) is 12.4. The standard InChI is InChI=1S/C24H25NO2/c1-2-27-24(26)18-21-25(20-11-17-23-14-7-4-8-15-23)19-10-9-16-22-12-5-3-6-13-22/h3-8,12-15H,2,10,18-21H2,1H3. The van der Waals surface area contributed by atoms with Crippen molar-refractivity contribution < 1.29 is 9.53 Å². The smallest absolute Gasteiger partial charge is 0.307 e. The number of hydrogen-bond donors (Lipinski definition) is 0. The van der Waals surface area contributed by atoms with Crippen molar-refractivity contribution in [2.75, 3.05) is 26.2 Å². The molecule has 27 heavy (non-hydrogen) atoms. The van der Waals surface area contributed by atoms with E-state index in [1.165, 1.54) is 0 Å². The highest BCUT2D eigenvalue weighted by molar-refractivity contribution is 5.69. The SMILES string of the molecule is CCOC(=O)CCN(CC#Cc1ccccc1)CCC#Cc1ccccc1. The van der Waals surface area contributed by atoms with Gasteiger partial charge in [0.25, 0.3) is 0 Å². The van der Waals surface area contributed by atoms with Crippen molar-refractivity contribution in [1.29, 1.82) is 0 Å². The molecule has 0 aliphatic rings. The normalized spacial score (nSPS) is 9.70. The number of nitrogens with zero attached hydrogens (tertiary/aromatic N) is 1. The van der Waals surface area contributed by atoms with Crippen molar-refractivity contribution in [1.82, 2.24) is 4.90 Å². The van der Waals surface area contributed by atoms with Crippen molar-refractivity contribution in [3.63, 3.8) is 0 Å². The van der Waals surface area contributed by atoms with E-state index >= 15 is 0 Å². The van der Waals surface area contributed by atoms with Crippen LogP contribution in [-0.2, 0) is 9.53 Å². The van der Waals surface area contributed by atoms with Gasteiger partial charge in [0.1, 0.15) is 0 Å². The summed E-state index contributed by atoms with van der Waals surface area (Å²) < 4.78 is 5.02. The van der Waals surface area contributed by atoms with E-state index in [1.54, 1.807) is 0 Å². The van der Waals surface area contributed by atoms with E-state index in [0.29, 0.717) is 26.1 Å². The van der Waals surface area contributed by atoms with E-state index in [4.69, 9.17) is 4.74 Å². The number of carbonyl (C=O) groups is 1. The molecule has 0 fully saturated rings. The Balaban J connectivity index is 1.89. The van der Waals surface area contributed by atoms with Crippen LogP contribution in [0.2, 0.25) is 0 Å². The summed E-state index contributed by atoms with van der Waals surface area (Å²) in [5.41, 5.74) is 2.01. The van der Waals surface area contributed by atoms with Gasteiger partial charge in [0.15, 0.2) is 0 Å². The molecular formula is C24H25NO2. The van der Waals surface area contributed by atoms with E-state index in [9.17, 15) is 4.79 Å². The third-order valence-electron chi connectivity index (χ3n) is 3.81. The molecule has 0 N–H and O–H groups in total. The van der Waals surface area contributed by atoms with Crippen molar-refractivity contribution in [2.24, 2.45) is 0 Å². The first-order valence-corrected chi connectivity index (χ1v) is 9.23. The fraction of sp³-hybridized carbons (Fsp3) is 0.292. The quantitative estimate of drug-likeness (QED) is 0.557. The van der Waals surface area contributed by atoms with Gasteiger partial charge in [-0.3, -0.25) is 9.69 Å². The van der Waals surface area contributed by atoms with Gasteiger partial charge in [0.05, 0.1) is 19.6 Å². The lowest BCUT2D eigenvalue weighted by atomic mass is 10.2. The molecule has 0 amide bonds. The topological polar surface area (TPSA) is 29.5 Å². The molecule has 0 aromatic heterocycles. The maximum Gasteiger partial charge on any atom is 0.307 e. The molecule has 0 aliphatic carbocycles. The molecule has 0 saturated heterocycles. The molecule has 0 aliphatic heterocycles. The molecule has 138 valence electrons. The largest absolute Gasteiger partial charge is 0.466 e. The van der Waals surface area contributed by atoms with Crippen LogP contribution in [0.4, 0.5) is 0 Å².